The van der Waals surface area contributed by atoms with Crippen molar-refractivity contribution in [2.75, 3.05) is 13.1 Å². The Bertz CT molecular complexity index is 653. The van der Waals surface area contributed by atoms with Gasteiger partial charge in [-0.15, -0.1) is 0 Å². The number of sulfonamides is 1. The van der Waals surface area contributed by atoms with E-state index in [2.05, 4.69) is 9.71 Å². The molecule has 0 aliphatic heterocycles. The highest BCUT2D eigenvalue weighted by Gasteiger charge is 2.23. The third-order valence-corrected chi connectivity index (χ3v) is 4.23. The van der Waals surface area contributed by atoms with Gasteiger partial charge in [-0.1, -0.05) is 17.7 Å². The van der Waals surface area contributed by atoms with Crippen molar-refractivity contribution in [3.05, 3.63) is 29.5 Å². The number of nitrogens with one attached hydrogen (secondary N) is 1. The molecule has 3 N–H and O–H groups in total. The highest BCUT2D eigenvalue weighted by atomic mass is 35.5. The van der Waals surface area contributed by atoms with Gasteiger partial charge in [0.05, 0.1) is 0 Å². The Balaban J connectivity index is 2.43. The maximum atomic E-state index is 12.1. The van der Waals surface area contributed by atoms with E-state index in [4.69, 9.17) is 17.3 Å². The van der Waals surface area contributed by atoms with Gasteiger partial charge in [0.1, 0.15) is 5.65 Å². The van der Waals surface area contributed by atoms with Crippen molar-refractivity contribution < 1.29 is 8.42 Å². The van der Waals surface area contributed by atoms with Crippen molar-refractivity contribution in [3.8, 4) is 0 Å². The van der Waals surface area contributed by atoms with Crippen LogP contribution >= 0.6 is 11.6 Å². The monoisotopic (exact) mass is 288 g/mol. The van der Waals surface area contributed by atoms with Crippen LogP contribution in [0.2, 0.25) is 5.15 Å². The molecule has 0 aromatic carbocycles. The van der Waals surface area contributed by atoms with Crippen molar-refractivity contribution in [1.29, 1.82) is 0 Å². The molecule has 0 unspecified atom stereocenters. The van der Waals surface area contributed by atoms with E-state index in [9.17, 15) is 8.42 Å². The zero-order valence-corrected chi connectivity index (χ0v) is 11.1. The number of fused-ring (bicyclic) bond motifs is 1. The van der Waals surface area contributed by atoms with Crippen molar-refractivity contribution in [3.63, 3.8) is 0 Å². The number of halogens is 1. The molecule has 0 aliphatic carbocycles. The molecule has 0 spiro atoms. The number of rotatable bonds is 5. The highest BCUT2D eigenvalue weighted by Crippen LogP contribution is 2.22. The summed E-state index contributed by atoms with van der Waals surface area (Å²) in [7, 11) is -3.68. The Labute approximate surface area is 110 Å². The quantitative estimate of drug-likeness (QED) is 0.789. The minimum absolute atomic E-state index is 0.0403. The molecule has 0 saturated carbocycles. The number of imidazole rings is 1. The molecule has 2 heterocycles. The fourth-order valence-electron chi connectivity index (χ4n) is 1.56. The molecule has 0 atom stereocenters. The lowest BCUT2D eigenvalue weighted by atomic mass is 10.4. The minimum Gasteiger partial charge on any atom is -0.330 e. The van der Waals surface area contributed by atoms with E-state index in [1.54, 1.807) is 24.4 Å². The van der Waals surface area contributed by atoms with Gasteiger partial charge < -0.3 is 5.73 Å². The summed E-state index contributed by atoms with van der Waals surface area (Å²) in [6.07, 6.45) is 2.17. The lowest BCUT2D eigenvalue weighted by molar-refractivity contribution is 0.574. The molecule has 2 aromatic heterocycles. The fraction of sp³-hybridized carbons (Fsp3) is 0.300. The minimum atomic E-state index is -3.68. The molecule has 6 nitrogen and oxygen atoms in total. The van der Waals surface area contributed by atoms with Crippen molar-refractivity contribution in [2.45, 2.75) is 11.4 Å². The third-order valence-electron chi connectivity index (χ3n) is 2.37. The summed E-state index contributed by atoms with van der Waals surface area (Å²) in [5.74, 6) is 0. The SMILES string of the molecule is NCCCNS(=O)(=O)c1c(Cl)nc2ccccn12. The number of nitrogens with zero attached hydrogens (tertiary/aromatic N) is 2. The number of hydrogen-bond donors (Lipinski definition) is 2. The summed E-state index contributed by atoms with van der Waals surface area (Å²) in [6, 6.07) is 5.16. The zero-order valence-electron chi connectivity index (χ0n) is 9.51. The second-order valence-electron chi connectivity index (χ2n) is 3.68. The largest absolute Gasteiger partial charge is 0.330 e. The number of nitrogens with two attached hydrogens (primary N) is 1. The first kappa shape index (κ1) is 13.3. The van der Waals surface area contributed by atoms with E-state index in [-0.39, 0.29) is 16.7 Å². The lowest BCUT2D eigenvalue weighted by Gasteiger charge is -2.06. The molecule has 2 rings (SSSR count). The Hall–Kier alpha value is -1.15. The first-order valence-corrected chi connectivity index (χ1v) is 7.24. The molecule has 0 amide bonds. The summed E-state index contributed by atoms with van der Waals surface area (Å²) >= 11 is 5.89. The molecule has 0 bridgehead atoms. The average molecular weight is 289 g/mol. The second-order valence-corrected chi connectivity index (χ2v) is 5.72. The van der Waals surface area contributed by atoms with Crippen LogP contribution < -0.4 is 10.5 Å². The number of hydrogen-bond acceptors (Lipinski definition) is 4. The summed E-state index contributed by atoms with van der Waals surface area (Å²) in [6.45, 7) is 0.693. The number of aromatic nitrogens is 2. The van der Waals surface area contributed by atoms with E-state index in [1.807, 2.05) is 0 Å². The predicted octanol–water partition coefficient (Wildman–Crippen LogP) is 0.615. The Morgan fingerprint density at radius 2 is 2.22 bits per heavy atom. The van der Waals surface area contributed by atoms with Gasteiger partial charge in [-0.25, -0.2) is 18.1 Å². The Kier molecular flexibility index (Phi) is 3.86. The molecule has 98 valence electrons. The summed E-state index contributed by atoms with van der Waals surface area (Å²) in [5.41, 5.74) is 5.81. The van der Waals surface area contributed by atoms with Crippen LogP contribution in [-0.2, 0) is 10.0 Å². The average Bonchev–Trinajstić information content (AvgIpc) is 2.65. The van der Waals surface area contributed by atoms with Crippen LogP contribution in [0.4, 0.5) is 0 Å². The van der Waals surface area contributed by atoms with Crippen LogP contribution in [0.3, 0.4) is 0 Å². The van der Waals surface area contributed by atoms with E-state index in [0.717, 1.165) is 0 Å². The maximum absolute atomic E-state index is 12.1. The molecule has 18 heavy (non-hydrogen) atoms. The van der Waals surface area contributed by atoms with Crippen LogP contribution in [0.25, 0.3) is 5.65 Å². The molecule has 0 aliphatic rings. The molecular formula is C10H13ClN4O2S. The van der Waals surface area contributed by atoms with Crippen LogP contribution in [0.1, 0.15) is 6.42 Å². The van der Waals surface area contributed by atoms with E-state index in [1.165, 1.54) is 4.40 Å². The summed E-state index contributed by atoms with van der Waals surface area (Å²) in [5, 5.41) is -0.0850. The van der Waals surface area contributed by atoms with Gasteiger partial charge in [0, 0.05) is 12.7 Å². The predicted molar refractivity (Wildman–Crippen MR) is 69.1 cm³/mol. The fourth-order valence-corrected chi connectivity index (χ4v) is 3.27. The first-order chi connectivity index (χ1) is 8.56. The van der Waals surface area contributed by atoms with Crippen LogP contribution in [-0.4, -0.2) is 30.9 Å². The first-order valence-electron chi connectivity index (χ1n) is 5.38. The van der Waals surface area contributed by atoms with Gasteiger partial charge in [0.15, 0.2) is 10.2 Å². The molecule has 2 aromatic rings. The zero-order chi connectivity index (χ0) is 13.2. The van der Waals surface area contributed by atoms with Crippen molar-refractivity contribution >= 4 is 27.3 Å². The van der Waals surface area contributed by atoms with E-state index < -0.39 is 10.0 Å². The Morgan fingerprint density at radius 1 is 1.44 bits per heavy atom. The highest BCUT2D eigenvalue weighted by molar-refractivity contribution is 7.89. The summed E-state index contributed by atoms with van der Waals surface area (Å²) < 4.78 is 28.1. The van der Waals surface area contributed by atoms with Gasteiger partial charge in [-0.2, -0.15) is 0 Å². The van der Waals surface area contributed by atoms with Gasteiger partial charge >= 0.3 is 0 Å². The topological polar surface area (TPSA) is 89.5 Å². The van der Waals surface area contributed by atoms with Crippen LogP contribution in [0.5, 0.6) is 0 Å². The van der Waals surface area contributed by atoms with Crippen molar-refractivity contribution in [1.82, 2.24) is 14.1 Å². The van der Waals surface area contributed by atoms with Gasteiger partial charge in [0.2, 0.25) is 0 Å². The van der Waals surface area contributed by atoms with E-state index >= 15 is 0 Å². The number of pyridine rings is 1. The standard InChI is InChI=1S/C10H13ClN4O2S/c11-9-10(18(16,17)13-6-3-5-12)15-7-2-1-4-8(15)14-9/h1-2,4,7,13H,3,5-6,12H2. The normalized spacial score (nSPS) is 12.1. The Morgan fingerprint density at radius 3 is 2.94 bits per heavy atom. The molecule has 0 saturated heterocycles. The molecule has 0 radical (unpaired) electrons. The van der Waals surface area contributed by atoms with Crippen LogP contribution in [0.15, 0.2) is 29.4 Å². The third kappa shape index (κ3) is 2.49. The summed E-state index contributed by atoms with van der Waals surface area (Å²) in [4.78, 5) is 3.99. The molecule has 8 heteroatoms. The molecule has 0 fully saturated rings. The molecular weight excluding hydrogens is 276 g/mol. The maximum Gasteiger partial charge on any atom is 0.259 e. The second kappa shape index (κ2) is 5.23. The van der Waals surface area contributed by atoms with Crippen LogP contribution in [0, 0.1) is 0 Å². The van der Waals surface area contributed by atoms with E-state index in [0.29, 0.717) is 18.6 Å². The van der Waals surface area contributed by atoms with Crippen molar-refractivity contribution in [2.24, 2.45) is 5.73 Å². The van der Waals surface area contributed by atoms with Gasteiger partial charge in [-0.05, 0) is 25.1 Å². The smallest absolute Gasteiger partial charge is 0.259 e. The lowest BCUT2D eigenvalue weighted by Crippen LogP contribution is -2.27. The van der Waals surface area contributed by atoms with Gasteiger partial charge in [-0.3, -0.25) is 4.40 Å². The van der Waals surface area contributed by atoms with Gasteiger partial charge in [0.25, 0.3) is 10.0 Å².